The molecule has 1 amide bonds. The van der Waals surface area contributed by atoms with Crippen LogP contribution in [0, 0.1) is 51.5 Å². The maximum atomic E-state index is 16.0. The van der Waals surface area contributed by atoms with Crippen molar-refractivity contribution in [1.82, 2.24) is 10.0 Å². The second kappa shape index (κ2) is 30.2. The first-order valence-corrected chi connectivity index (χ1v) is 31.4. The lowest BCUT2D eigenvalue weighted by molar-refractivity contribution is -0.387. The smallest absolute Gasteiger partial charge is 0.408 e. The van der Waals surface area contributed by atoms with Gasteiger partial charge >= 0.3 is 18.0 Å². The molecule has 1 aromatic rings. The Bertz CT molecular complexity index is 2640. The van der Waals surface area contributed by atoms with Crippen molar-refractivity contribution >= 4 is 39.5 Å². The minimum absolute atomic E-state index is 0.0993. The number of nitro benzene ring substituents is 1. The summed E-state index contributed by atoms with van der Waals surface area (Å²) in [6.07, 6.45) is -18.6. The molecule has 23 atom stereocenters. The highest BCUT2D eigenvalue weighted by Crippen LogP contribution is 2.42. The largest absolute Gasteiger partial charge is 0.461 e. The third kappa shape index (κ3) is 18.2. The summed E-state index contributed by atoms with van der Waals surface area (Å²) in [6, 6.07) is 4.72. The molecule has 4 aliphatic heterocycles. The van der Waals surface area contributed by atoms with E-state index in [1.807, 2.05) is 0 Å². The van der Waals surface area contributed by atoms with E-state index in [0.717, 1.165) is 12.1 Å². The molecule has 27 heteroatoms. The lowest BCUT2D eigenvalue weighted by Crippen LogP contribution is -2.59. The average molecular weight is 1260 g/mol. The number of Topliss-reactive ketones (excluding diaryl/α,β-unsaturated/α-hetero) is 1. The van der Waals surface area contributed by atoms with Crippen LogP contribution in [0.15, 0.2) is 41.3 Å². The van der Waals surface area contributed by atoms with Gasteiger partial charge in [-0.3, -0.25) is 24.5 Å². The first kappa shape index (κ1) is 73.4. The lowest BCUT2D eigenvalue weighted by Gasteiger charge is -2.47. The number of carbonyl (C=O) groups is 4. The number of nitrogens with one attached hydrogen (secondary N) is 2. The normalized spacial score (nSPS) is 38.2. The summed E-state index contributed by atoms with van der Waals surface area (Å²) in [5, 5.41) is 59.5. The number of aliphatic hydroxyl groups is 4. The van der Waals surface area contributed by atoms with Crippen LogP contribution in [0.4, 0.5) is 10.5 Å². The van der Waals surface area contributed by atoms with Crippen molar-refractivity contribution in [2.75, 3.05) is 27.4 Å². The molecule has 496 valence electrons. The fourth-order valence-corrected chi connectivity index (χ4v) is 13.7. The molecular weight excluding hydrogens is 1160 g/mol. The minimum Gasteiger partial charge on any atom is -0.461 e. The Balaban J connectivity index is 1.69. The number of para-hydroxylation sites is 1. The number of rotatable bonds is 20. The topological polar surface area (TPSA) is 352 Å². The van der Waals surface area contributed by atoms with Gasteiger partial charge in [0.25, 0.3) is 5.69 Å². The van der Waals surface area contributed by atoms with Gasteiger partial charge in [-0.2, -0.15) is 0 Å². The van der Waals surface area contributed by atoms with Crippen LogP contribution in [0.5, 0.6) is 0 Å². The van der Waals surface area contributed by atoms with E-state index in [1.165, 1.54) is 61.0 Å². The van der Waals surface area contributed by atoms with Gasteiger partial charge in [-0.25, -0.2) is 17.9 Å². The van der Waals surface area contributed by atoms with Crippen molar-refractivity contribution in [3.05, 3.63) is 46.5 Å². The summed E-state index contributed by atoms with van der Waals surface area (Å²) in [4.78, 5) is 70.4. The molecule has 4 fully saturated rings. The number of esters is 2. The quantitative estimate of drug-likeness (QED) is 0.0328. The number of cyclic esters (lactones) is 1. The SMILES string of the molecule is C=C1C[C@@H](C)O[C@@H](O[C@@H]2[C@@H](C)[C@H](O[C@H]3C[C@@](C)(O)[C@@H](O)[C@H](C)O3)[C@@H](C)C(=O)O[C@H]([C@@H](C)CO[C@@H]3O[C@H](C)[C@@H](O)[C@@H](OC)[C@H]3OC)[C@H](C)[C@@H](OC(=O)CC(C)C)[C@@H](C)C(=O)[C@@](C)(OC(=O)NC(C)(C)CNS(=O)(=O)c3ccccc3[N+](=O)[O-])C[C@@H]2C)[C@@H]1O. The third-order valence-electron chi connectivity index (χ3n) is 17.2. The molecule has 26 nitrogen and oxygen atoms in total. The molecular formula is C60H97N3O23S. The van der Waals surface area contributed by atoms with E-state index >= 15 is 9.59 Å². The number of nitro groups is 1. The van der Waals surface area contributed by atoms with Crippen molar-refractivity contribution in [2.45, 2.75) is 243 Å². The van der Waals surface area contributed by atoms with Gasteiger partial charge in [0.1, 0.15) is 42.7 Å². The number of ketones is 1. The molecule has 4 saturated heterocycles. The molecule has 0 saturated carbocycles. The van der Waals surface area contributed by atoms with Crippen molar-refractivity contribution in [1.29, 1.82) is 0 Å². The number of nitrogens with zero attached hydrogens (tertiary/aromatic N) is 1. The number of ether oxygens (including phenoxy) is 11. The Morgan fingerprint density at radius 2 is 1.48 bits per heavy atom. The Hall–Kier alpha value is -4.33. The van der Waals surface area contributed by atoms with Gasteiger partial charge in [0.05, 0.1) is 65.0 Å². The van der Waals surface area contributed by atoms with Crippen molar-refractivity contribution < 1.29 is 105 Å². The highest BCUT2D eigenvalue weighted by atomic mass is 32.2. The predicted molar refractivity (Wildman–Crippen MR) is 312 cm³/mol. The zero-order chi connectivity index (χ0) is 65.6. The zero-order valence-electron chi connectivity index (χ0n) is 53.4. The molecule has 6 N–H and O–H groups in total. The molecule has 0 aromatic heterocycles. The lowest BCUT2D eigenvalue weighted by atomic mass is 9.74. The van der Waals surface area contributed by atoms with Crippen molar-refractivity contribution in [3.8, 4) is 0 Å². The molecule has 4 heterocycles. The Morgan fingerprint density at radius 1 is 0.851 bits per heavy atom. The molecule has 0 unspecified atom stereocenters. The van der Waals surface area contributed by atoms with Gasteiger partial charge in [0, 0.05) is 57.4 Å². The van der Waals surface area contributed by atoms with E-state index in [-0.39, 0.29) is 31.8 Å². The first-order valence-electron chi connectivity index (χ1n) is 29.9. The van der Waals surface area contributed by atoms with Crippen LogP contribution >= 0.6 is 0 Å². The van der Waals surface area contributed by atoms with Gasteiger partial charge in [-0.15, -0.1) is 0 Å². The van der Waals surface area contributed by atoms with Crippen LogP contribution < -0.4 is 10.0 Å². The Labute approximate surface area is 511 Å². The van der Waals surface area contributed by atoms with Crippen LogP contribution in [0.3, 0.4) is 0 Å². The van der Waals surface area contributed by atoms with E-state index in [9.17, 15) is 48.5 Å². The van der Waals surface area contributed by atoms with Crippen LogP contribution in [0.1, 0.15) is 130 Å². The van der Waals surface area contributed by atoms with Crippen LogP contribution in [0.25, 0.3) is 0 Å². The van der Waals surface area contributed by atoms with E-state index in [2.05, 4.69) is 16.6 Å². The molecule has 4 aliphatic rings. The molecule has 0 radical (unpaired) electrons. The number of benzene rings is 1. The van der Waals surface area contributed by atoms with Crippen LogP contribution in [0.2, 0.25) is 0 Å². The van der Waals surface area contributed by atoms with Gasteiger partial charge in [-0.05, 0) is 91.7 Å². The number of alkyl carbamates (subject to hydrolysis) is 1. The first-order chi connectivity index (χ1) is 40.3. The average Bonchev–Trinajstić information content (AvgIpc) is 2.53. The summed E-state index contributed by atoms with van der Waals surface area (Å²) >= 11 is 0. The number of sulfonamides is 1. The summed E-state index contributed by atoms with van der Waals surface area (Å²) in [5.41, 5.74) is -5.78. The molecule has 0 bridgehead atoms. The van der Waals surface area contributed by atoms with Gasteiger partial charge < -0.3 is 77.8 Å². The molecule has 0 spiro atoms. The summed E-state index contributed by atoms with van der Waals surface area (Å²) < 4.78 is 98.5. The van der Waals surface area contributed by atoms with Gasteiger partial charge in [0.15, 0.2) is 35.1 Å². The Kier molecular flexibility index (Phi) is 25.5. The van der Waals surface area contributed by atoms with E-state index in [1.54, 1.807) is 69.2 Å². The summed E-state index contributed by atoms with van der Waals surface area (Å²) in [6.45, 7) is 27.2. The molecule has 87 heavy (non-hydrogen) atoms. The number of carbonyl (C=O) groups excluding carboxylic acids is 4. The van der Waals surface area contributed by atoms with Crippen molar-refractivity contribution in [3.63, 3.8) is 0 Å². The number of hydrogen-bond acceptors (Lipinski definition) is 23. The molecule has 0 aliphatic carbocycles. The minimum atomic E-state index is -4.56. The Morgan fingerprint density at radius 3 is 2.08 bits per heavy atom. The number of aliphatic hydroxyl groups excluding tert-OH is 3. The standard InChI is InChI=1S/C60H97N3O23S/c1-29(2)23-42(64)82-48-35(8)47(32(5)27-78-56-51(77-18)50(76-17)45(66)38(11)81-56)84-54(69)37(10)49(83-43-26-59(15,71)53(68)39(12)80-43)34(7)46(85-55-44(65)30(3)24-33(6)79-55)31(4)25-60(16,52(67)36(48)9)86-57(70)62-58(13,14)28-61-87(74,75)41-22-20-19-21-40(41)63(72)73/h19-22,29,31-39,43-51,53,55-56,61,65-66,68,71H,3,23-28H2,1-2,4-18H3,(H,62,70)/t31-,32-,33+,34+,35-,36+,37+,38+,39-,43-,44+,45+,46-,47+,48+,49-,50+,51+,53-,55-,56+,59+,60-/m0/s1. The van der Waals surface area contributed by atoms with E-state index in [0.29, 0.717) is 5.57 Å². The van der Waals surface area contributed by atoms with Crippen LogP contribution in [-0.2, 0) is 76.5 Å². The molecule has 5 rings (SSSR count). The monoisotopic (exact) mass is 1260 g/mol. The fourth-order valence-electron chi connectivity index (χ4n) is 12.3. The highest BCUT2D eigenvalue weighted by Gasteiger charge is 2.54. The maximum absolute atomic E-state index is 16.0. The maximum Gasteiger partial charge on any atom is 0.408 e. The zero-order valence-corrected chi connectivity index (χ0v) is 54.2. The third-order valence-corrected chi connectivity index (χ3v) is 18.6. The number of hydrogen-bond donors (Lipinski definition) is 6. The summed E-state index contributed by atoms with van der Waals surface area (Å²) in [7, 11) is -1.75. The predicted octanol–water partition coefficient (Wildman–Crippen LogP) is 5.02. The second-order valence-corrected chi connectivity index (χ2v) is 27.7. The summed E-state index contributed by atoms with van der Waals surface area (Å²) in [5.74, 6) is -9.07. The van der Waals surface area contributed by atoms with Gasteiger partial charge in [0.2, 0.25) is 10.0 Å². The van der Waals surface area contributed by atoms with Crippen LogP contribution in [-0.4, -0.2) is 194 Å². The molecule has 1 aromatic carbocycles. The fraction of sp³-hybridized carbons (Fsp3) is 0.800. The second-order valence-electron chi connectivity index (χ2n) is 26.0. The van der Waals surface area contributed by atoms with E-state index in [4.69, 9.17) is 52.1 Å². The number of methoxy groups -OCH3 is 2. The van der Waals surface area contributed by atoms with Gasteiger partial charge in [-0.1, -0.05) is 67.2 Å². The number of amides is 1. The van der Waals surface area contributed by atoms with E-state index < -0.39 is 207 Å². The highest BCUT2D eigenvalue weighted by molar-refractivity contribution is 7.89. The van der Waals surface area contributed by atoms with Crippen molar-refractivity contribution in [2.24, 2.45) is 41.4 Å².